The highest BCUT2D eigenvalue weighted by Gasteiger charge is 2.79. The van der Waals surface area contributed by atoms with Gasteiger partial charge in [-0.05, 0) is 78.9 Å². The molecule has 0 bridgehead atoms. The quantitative estimate of drug-likeness (QED) is 0.465. The van der Waals surface area contributed by atoms with Crippen LogP contribution in [0.2, 0.25) is 0 Å². The van der Waals surface area contributed by atoms with Gasteiger partial charge in [0.1, 0.15) is 5.60 Å². The fourth-order valence-electron chi connectivity index (χ4n) is 8.98. The summed E-state index contributed by atoms with van der Waals surface area (Å²) in [5.74, 6) is 3.17. The van der Waals surface area contributed by atoms with E-state index >= 15 is 0 Å². The smallest absolute Gasteiger partial charge is 0.306 e. The van der Waals surface area contributed by atoms with Crippen LogP contribution < -0.4 is 0 Å². The van der Waals surface area contributed by atoms with E-state index in [2.05, 4.69) is 32.1 Å². The minimum Gasteiger partial charge on any atom is -0.458 e. The van der Waals surface area contributed by atoms with Crippen molar-refractivity contribution in [2.24, 2.45) is 45.8 Å². The molecule has 1 aliphatic heterocycles. The maximum Gasteiger partial charge on any atom is 0.306 e. The van der Waals surface area contributed by atoms with E-state index in [0.29, 0.717) is 36.0 Å². The third-order valence-corrected chi connectivity index (χ3v) is 10.3. The first kappa shape index (κ1) is 16.2. The molecule has 7 rings (SSSR count). The molecule has 3 heteroatoms. The van der Waals surface area contributed by atoms with E-state index in [0.717, 1.165) is 6.42 Å². The summed E-state index contributed by atoms with van der Waals surface area (Å²) in [5.41, 5.74) is 1.38. The topological polar surface area (TPSA) is 43.4 Å². The number of esters is 1. The Labute approximate surface area is 166 Å². The van der Waals surface area contributed by atoms with Crippen LogP contribution in [0.5, 0.6) is 0 Å². The lowest BCUT2D eigenvalue weighted by molar-refractivity contribution is -0.162. The van der Waals surface area contributed by atoms with Gasteiger partial charge in [-0.25, -0.2) is 0 Å². The molecule has 146 valence electrons. The molecule has 1 saturated heterocycles. The van der Waals surface area contributed by atoms with Crippen LogP contribution in [0.4, 0.5) is 0 Å². The van der Waals surface area contributed by atoms with Crippen molar-refractivity contribution < 1.29 is 14.3 Å². The molecule has 28 heavy (non-hydrogen) atoms. The van der Waals surface area contributed by atoms with Crippen molar-refractivity contribution in [3.63, 3.8) is 0 Å². The fraction of sp³-hybridized carbons (Fsp3) is 0.680. The van der Waals surface area contributed by atoms with Gasteiger partial charge in [0.05, 0.1) is 0 Å². The van der Waals surface area contributed by atoms with Crippen molar-refractivity contribution in [1.29, 1.82) is 0 Å². The van der Waals surface area contributed by atoms with E-state index < -0.39 is 0 Å². The summed E-state index contributed by atoms with van der Waals surface area (Å²) < 4.78 is 6.17. The number of ketones is 1. The Morgan fingerprint density at radius 1 is 1.07 bits per heavy atom. The first-order valence-electron chi connectivity index (χ1n) is 11.2. The molecule has 0 amide bonds. The van der Waals surface area contributed by atoms with Crippen LogP contribution in [-0.4, -0.2) is 17.4 Å². The Balaban J connectivity index is 1.39. The summed E-state index contributed by atoms with van der Waals surface area (Å²) in [6.45, 7) is 4.76. The molecule has 0 N–H and O–H groups in total. The van der Waals surface area contributed by atoms with Gasteiger partial charge in [0, 0.05) is 23.2 Å². The second-order valence-electron chi connectivity index (χ2n) is 11.3. The third kappa shape index (κ3) is 1.56. The summed E-state index contributed by atoms with van der Waals surface area (Å²) >= 11 is 0. The zero-order chi connectivity index (χ0) is 19.1. The summed E-state index contributed by atoms with van der Waals surface area (Å²) in [4.78, 5) is 24.4. The van der Waals surface area contributed by atoms with E-state index in [-0.39, 0.29) is 33.6 Å². The van der Waals surface area contributed by atoms with Gasteiger partial charge < -0.3 is 4.74 Å². The van der Waals surface area contributed by atoms with Crippen molar-refractivity contribution >= 4 is 11.8 Å². The molecule has 2 spiro atoms. The summed E-state index contributed by atoms with van der Waals surface area (Å²) in [5, 5.41) is 0. The predicted octanol–water partition coefficient (Wildman–Crippen LogP) is 4.39. The Morgan fingerprint density at radius 2 is 1.89 bits per heavy atom. The van der Waals surface area contributed by atoms with Crippen molar-refractivity contribution in [1.82, 2.24) is 0 Å². The average molecular weight is 376 g/mol. The minimum absolute atomic E-state index is 0.0104. The molecule has 6 aliphatic carbocycles. The Bertz CT molecular complexity index is 935. The predicted molar refractivity (Wildman–Crippen MR) is 104 cm³/mol. The molecule has 0 aromatic heterocycles. The van der Waals surface area contributed by atoms with Gasteiger partial charge in [0.15, 0.2) is 5.78 Å². The van der Waals surface area contributed by atoms with Gasteiger partial charge in [0.2, 0.25) is 0 Å². The lowest BCUT2D eigenvalue weighted by Crippen LogP contribution is -2.55. The van der Waals surface area contributed by atoms with Gasteiger partial charge in [-0.2, -0.15) is 0 Å². The zero-order valence-electron chi connectivity index (χ0n) is 16.7. The number of ether oxygens (including phenoxy) is 1. The van der Waals surface area contributed by atoms with Crippen molar-refractivity contribution in [3.8, 4) is 0 Å². The van der Waals surface area contributed by atoms with Gasteiger partial charge in [-0.15, -0.1) is 0 Å². The monoisotopic (exact) mass is 376 g/mol. The van der Waals surface area contributed by atoms with Crippen LogP contribution in [-0.2, 0) is 14.3 Å². The van der Waals surface area contributed by atoms with Crippen LogP contribution in [0.3, 0.4) is 0 Å². The Morgan fingerprint density at radius 3 is 2.61 bits per heavy atom. The van der Waals surface area contributed by atoms with Gasteiger partial charge >= 0.3 is 5.97 Å². The van der Waals surface area contributed by atoms with E-state index in [1.54, 1.807) is 6.08 Å². The summed E-state index contributed by atoms with van der Waals surface area (Å²) in [6, 6.07) is 0. The lowest BCUT2D eigenvalue weighted by atomic mass is 9.46. The number of hydrogen-bond donors (Lipinski definition) is 0. The number of carbonyl (C=O) groups excluding carboxylic acids is 2. The molecule has 8 atom stereocenters. The van der Waals surface area contributed by atoms with E-state index in [4.69, 9.17) is 4.74 Å². The van der Waals surface area contributed by atoms with Crippen molar-refractivity contribution in [2.45, 2.75) is 58.0 Å². The van der Waals surface area contributed by atoms with Crippen LogP contribution >= 0.6 is 0 Å². The number of allylic oxidation sites excluding steroid dienone is 5. The molecular weight excluding hydrogens is 348 g/mol. The van der Waals surface area contributed by atoms with Gasteiger partial charge in [0.25, 0.3) is 0 Å². The van der Waals surface area contributed by atoms with E-state index in [1.165, 1.54) is 31.3 Å². The number of hydrogen-bond acceptors (Lipinski definition) is 3. The molecule has 5 fully saturated rings. The Kier molecular flexibility index (Phi) is 2.55. The largest absolute Gasteiger partial charge is 0.458 e. The molecule has 7 aliphatic rings. The van der Waals surface area contributed by atoms with Crippen LogP contribution in [0.25, 0.3) is 0 Å². The molecule has 3 nitrogen and oxygen atoms in total. The highest BCUT2D eigenvalue weighted by Crippen LogP contribution is 2.80. The van der Waals surface area contributed by atoms with Crippen LogP contribution in [0.1, 0.15) is 52.4 Å². The molecular formula is C25H28O3. The lowest BCUT2D eigenvalue weighted by Gasteiger charge is -2.58. The fourth-order valence-corrected chi connectivity index (χ4v) is 8.98. The normalized spacial score (nSPS) is 56.1. The standard InChI is InChI=1S/C25H28O3/c1-22-6-3-14(26)11-19(22)24(9-10-24)13-16-17(22)4-7-23(2)21(16)15-12-18(15)25(23)8-5-20(27)28-25/h3-4,6-7,11,15-18,21H,5,8-10,12-13H2,1-2H3. The maximum atomic E-state index is 12.2. The molecule has 8 unspecified atom stereocenters. The highest BCUT2D eigenvalue weighted by atomic mass is 16.6. The van der Waals surface area contributed by atoms with Crippen molar-refractivity contribution in [3.05, 3.63) is 36.0 Å². The zero-order valence-corrected chi connectivity index (χ0v) is 16.7. The van der Waals surface area contributed by atoms with E-state index in [9.17, 15) is 9.59 Å². The molecule has 0 radical (unpaired) electrons. The number of fused-ring (bicyclic) bond motifs is 10. The molecule has 0 aromatic carbocycles. The first-order valence-corrected chi connectivity index (χ1v) is 11.2. The van der Waals surface area contributed by atoms with Crippen LogP contribution in [0.15, 0.2) is 36.0 Å². The summed E-state index contributed by atoms with van der Waals surface area (Å²) in [6.07, 6.45) is 17.3. The third-order valence-electron chi connectivity index (χ3n) is 10.3. The second-order valence-corrected chi connectivity index (χ2v) is 11.3. The molecule has 0 aromatic rings. The Hall–Kier alpha value is -1.64. The summed E-state index contributed by atoms with van der Waals surface area (Å²) in [7, 11) is 0. The first-order chi connectivity index (χ1) is 13.3. The SMILES string of the molecule is CC12C=CC(=O)C=C1C1(CC1)CC1C2C=CC2(C)C1C1CC1C21CCC(=O)O1. The average Bonchev–Trinajstić information content (AvgIpc) is 3.55. The van der Waals surface area contributed by atoms with Crippen molar-refractivity contribution in [2.75, 3.05) is 0 Å². The van der Waals surface area contributed by atoms with Gasteiger partial charge in [-0.1, -0.05) is 32.1 Å². The number of carbonyl (C=O) groups is 2. The molecule has 4 saturated carbocycles. The number of rotatable bonds is 0. The van der Waals surface area contributed by atoms with Crippen LogP contribution in [0, 0.1) is 45.8 Å². The molecule has 1 heterocycles. The highest BCUT2D eigenvalue weighted by molar-refractivity contribution is 6.01. The van der Waals surface area contributed by atoms with E-state index in [1.807, 2.05) is 6.08 Å². The second kappa shape index (κ2) is 4.42. The minimum atomic E-state index is -0.243. The maximum absolute atomic E-state index is 12.2. The van der Waals surface area contributed by atoms with Gasteiger partial charge in [-0.3, -0.25) is 9.59 Å².